The average Bonchev–Trinajstić information content (AvgIpc) is 2.25. The SMILES string of the molecule is O=C(O)CCC#Cc1ccc([N+](=O)[O-])cc1. The van der Waals surface area contributed by atoms with Crippen molar-refractivity contribution in [1.82, 2.24) is 0 Å². The molecule has 1 N–H and O–H groups in total. The number of nitro groups is 1. The number of rotatable bonds is 3. The normalized spacial score (nSPS) is 9.00. The van der Waals surface area contributed by atoms with Crippen LogP contribution in [0.1, 0.15) is 18.4 Å². The highest BCUT2D eigenvalue weighted by molar-refractivity contribution is 5.67. The minimum atomic E-state index is -0.891. The molecule has 0 saturated heterocycles. The van der Waals surface area contributed by atoms with Gasteiger partial charge in [0.15, 0.2) is 0 Å². The minimum absolute atomic E-state index is 0.0000185. The van der Waals surface area contributed by atoms with Gasteiger partial charge in [-0.25, -0.2) is 0 Å². The van der Waals surface area contributed by atoms with E-state index in [-0.39, 0.29) is 18.5 Å². The van der Waals surface area contributed by atoms with Crippen molar-refractivity contribution in [3.05, 3.63) is 39.9 Å². The van der Waals surface area contributed by atoms with Gasteiger partial charge in [0.1, 0.15) is 0 Å². The van der Waals surface area contributed by atoms with E-state index in [1.807, 2.05) is 0 Å². The Kier molecular flexibility index (Phi) is 4.04. The molecule has 0 amide bonds. The lowest BCUT2D eigenvalue weighted by molar-refractivity contribution is -0.384. The summed E-state index contributed by atoms with van der Waals surface area (Å²) in [6.45, 7) is 0. The second kappa shape index (κ2) is 5.51. The van der Waals surface area contributed by atoms with Gasteiger partial charge in [-0.05, 0) is 12.1 Å². The zero-order valence-electron chi connectivity index (χ0n) is 8.34. The number of aliphatic carboxylic acids is 1. The molecule has 0 radical (unpaired) electrons. The maximum Gasteiger partial charge on any atom is 0.304 e. The summed E-state index contributed by atoms with van der Waals surface area (Å²) in [6.07, 6.45) is 0.270. The lowest BCUT2D eigenvalue weighted by Gasteiger charge is -1.91. The molecule has 1 aromatic rings. The van der Waals surface area contributed by atoms with Crippen LogP contribution in [0.4, 0.5) is 5.69 Å². The summed E-state index contributed by atoms with van der Waals surface area (Å²) in [4.78, 5) is 20.1. The van der Waals surface area contributed by atoms with Crippen LogP contribution in [0.2, 0.25) is 0 Å². The standard InChI is InChI=1S/C11H9NO4/c13-11(14)4-2-1-3-9-5-7-10(8-6-9)12(15)16/h5-8H,2,4H2,(H,13,14). The van der Waals surface area contributed by atoms with E-state index in [2.05, 4.69) is 11.8 Å². The number of benzene rings is 1. The number of carboxylic acid groups (broad SMARTS) is 1. The van der Waals surface area contributed by atoms with E-state index in [4.69, 9.17) is 5.11 Å². The van der Waals surface area contributed by atoms with Gasteiger partial charge in [0, 0.05) is 24.1 Å². The third-order valence-electron chi connectivity index (χ3n) is 1.77. The van der Waals surface area contributed by atoms with Gasteiger partial charge in [-0.2, -0.15) is 0 Å². The lowest BCUT2D eigenvalue weighted by Crippen LogP contribution is -1.91. The van der Waals surface area contributed by atoms with Crippen LogP contribution in [-0.2, 0) is 4.79 Å². The van der Waals surface area contributed by atoms with Crippen LogP contribution in [0.25, 0.3) is 0 Å². The molecule has 0 saturated carbocycles. The van der Waals surface area contributed by atoms with E-state index in [0.29, 0.717) is 5.56 Å². The fourth-order valence-corrected chi connectivity index (χ4v) is 1.00. The van der Waals surface area contributed by atoms with Gasteiger partial charge in [0.25, 0.3) is 5.69 Å². The van der Waals surface area contributed by atoms with E-state index in [0.717, 1.165) is 0 Å². The van der Waals surface area contributed by atoms with Crippen molar-refractivity contribution in [1.29, 1.82) is 0 Å². The summed E-state index contributed by atoms with van der Waals surface area (Å²) < 4.78 is 0. The molecule has 0 aliphatic heterocycles. The monoisotopic (exact) mass is 219 g/mol. The molecule has 0 unspecified atom stereocenters. The number of carbonyl (C=O) groups is 1. The third kappa shape index (κ3) is 3.80. The average molecular weight is 219 g/mol. The predicted molar refractivity (Wildman–Crippen MR) is 56.8 cm³/mol. The first kappa shape index (κ1) is 11.7. The van der Waals surface area contributed by atoms with Crippen molar-refractivity contribution in [2.75, 3.05) is 0 Å². The van der Waals surface area contributed by atoms with Crippen LogP contribution in [0, 0.1) is 22.0 Å². The molecule has 0 bridgehead atoms. The van der Waals surface area contributed by atoms with Crippen molar-refractivity contribution in [3.8, 4) is 11.8 Å². The molecule has 82 valence electrons. The van der Waals surface area contributed by atoms with Crippen molar-refractivity contribution in [2.24, 2.45) is 0 Å². The van der Waals surface area contributed by atoms with E-state index in [1.54, 1.807) is 0 Å². The molecule has 0 aliphatic rings. The van der Waals surface area contributed by atoms with Gasteiger partial charge in [0.05, 0.1) is 11.3 Å². The number of nitro benzene ring substituents is 1. The van der Waals surface area contributed by atoms with E-state index in [9.17, 15) is 14.9 Å². The van der Waals surface area contributed by atoms with E-state index >= 15 is 0 Å². The van der Waals surface area contributed by atoms with Crippen LogP contribution in [0.15, 0.2) is 24.3 Å². The van der Waals surface area contributed by atoms with Crippen molar-refractivity contribution >= 4 is 11.7 Å². The van der Waals surface area contributed by atoms with Gasteiger partial charge in [0.2, 0.25) is 0 Å². The Morgan fingerprint density at radius 3 is 2.50 bits per heavy atom. The maximum absolute atomic E-state index is 10.4. The van der Waals surface area contributed by atoms with Crippen LogP contribution in [-0.4, -0.2) is 16.0 Å². The highest BCUT2D eigenvalue weighted by Gasteiger charge is 2.02. The van der Waals surface area contributed by atoms with Crippen LogP contribution < -0.4 is 0 Å². The quantitative estimate of drug-likeness (QED) is 0.477. The first-order valence-electron chi connectivity index (χ1n) is 4.54. The summed E-state index contributed by atoms with van der Waals surface area (Å²) in [5.74, 6) is 4.52. The zero-order valence-corrected chi connectivity index (χ0v) is 8.34. The molecule has 0 aliphatic carbocycles. The Morgan fingerprint density at radius 2 is 2.00 bits per heavy atom. The third-order valence-corrected chi connectivity index (χ3v) is 1.77. The van der Waals surface area contributed by atoms with Crippen molar-refractivity contribution in [3.63, 3.8) is 0 Å². The molecule has 16 heavy (non-hydrogen) atoms. The molecule has 0 spiro atoms. The maximum atomic E-state index is 10.4. The van der Waals surface area contributed by atoms with E-state index in [1.165, 1.54) is 24.3 Å². The summed E-state index contributed by atoms with van der Waals surface area (Å²) in [5, 5.41) is 18.7. The second-order valence-corrected chi connectivity index (χ2v) is 3.00. The molecular formula is C11H9NO4. The second-order valence-electron chi connectivity index (χ2n) is 3.00. The number of carboxylic acids is 1. The Hall–Kier alpha value is -2.35. The Labute approximate surface area is 91.9 Å². The summed E-state index contributed by atoms with van der Waals surface area (Å²) in [6, 6.07) is 5.79. The summed E-state index contributed by atoms with van der Waals surface area (Å²) in [5.41, 5.74) is 0.645. The fourth-order valence-electron chi connectivity index (χ4n) is 1.00. The Morgan fingerprint density at radius 1 is 1.38 bits per heavy atom. The first-order chi connectivity index (χ1) is 7.59. The largest absolute Gasteiger partial charge is 0.481 e. The first-order valence-corrected chi connectivity index (χ1v) is 4.54. The molecule has 0 heterocycles. The van der Waals surface area contributed by atoms with Crippen molar-refractivity contribution in [2.45, 2.75) is 12.8 Å². The lowest BCUT2D eigenvalue weighted by atomic mass is 10.2. The number of hydrogen-bond donors (Lipinski definition) is 1. The molecule has 0 aromatic heterocycles. The topological polar surface area (TPSA) is 80.4 Å². The summed E-state index contributed by atoms with van der Waals surface area (Å²) in [7, 11) is 0. The molecule has 1 rings (SSSR count). The molecular weight excluding hydrogens is 210 g/mol. The van der Waals surface area contributed by atoms with Crippen LogP contribution in [0.5, 0.6) is 0 Å². The minimum Gasteiger partial charge on any atom is -0.481 e. The highest BCUT2D eigenvalue weighted by atomic mass is 16.6. The van der Waals surface area contributed by atoms with Gasteiger partial charge in [-0.3, -0.25) is 14.9 Å². The summed E-state index contributed by atoms with van der Waals surface area (Å²) >= 11 is 0. The molecule has 5 heteroatoms. The zero-order chi connectivity index (χ0) is 12.0. The van der Waals surface area contributed by atoms with Crippen LogP contribution in [0.3, 0.4) is 0 Å². The Bertz CT molecular complexity index is 453. The van der Waals surface area contributed by atoms with E-state index < -0.39 is 10.9 Å². The smallest absolute Gasteiger partial charge is 0.304 e. The molecule has 1 aromatic carbocycles. The predicted octanol–water partition coefficient (Wildman–Crippen LogP) is 1.81. The Balaban J connectivity index is 2.61. The fraction of sp³-hybridized carbons (Fsp3) is 0.182. The highest BCUT2D eigenvalue weighted by Crippen LogP contribution is 2.10. The number of nitrogens with zero attached hydrogens (tertiary/aromatic N) is 1. The van der Waals surface area contributed by atoms with Crippen molar-refractivity contribution < 1.29 is 14.8 Å². The molecule has 5 nitrogen and oxygen atoms in total. The number of non-ortho nitro benzene ring substituents is 1. The number of hydrogen-bond acceptors (Lipinski definition) is 3. The van der Waals surface area contributed by atoms with Gasteiger partial charge < -0.3 is 5.11 Å². The molecule has 0 atom stereocenters. The van der Waals surface area contributed by atoms with Gasteiger partial charge in [-0.15, -0.1) is 0 Å². The van der Waals surface area contributed by atoms with Gasteiger partial charge >= 0.3 is 5.97 Å². The van der Waals surface area contributed by atoms with Crippen LogP contribution >= 0.6 is 0 Å². The van der Waals surface area contributed by atoms with Gasteiger partial charge in [-0.1, -0.05) is 11.8 Å². The molecule has 0 fully saturated rings.